The van der Waals surface area contributed by atoms with Crippen molar-refractivity contribution in [1.29, 1.82) is 0 Å². The molecule has 0 spiro atoms. The van der Waals surface area contributed by atoms with E-state index in [1.165, 1.54) is 17.3 Å². The van der Waals surface area contributed by atoms with E-state index in [-0.39, 0.29) is 5.78 Å². The molecular weight excluding hydrogens is 262 g/mol. The van der Waals surface area contributed by atoms with Crippen molar-refractivity contribution in [3.8, 4) is 0 Å². The molecule has 18 heavy (non-hydrogen) atoms. The van der Waals surface area contributed by atoms with Crippen LogP contribution in [0.3, 0.4) is 0 Å². The molecule has 0 amide bonds. The zero-order valence-electron chi connectivity index (χ0n) is 10.7. The van der Waals surface area contributed by atoms with E-state index in [1.54, 1.807) is 11.3 Å². The monoisotopic (exact) mass is 277 g/mol. The number of rotatable bonds is 4. The number of benzene rings is 1. The first kappa shape index (κ1) is 13.3. The summed E-state index contributed by atoms with van der Waals surface area (Å²) in [6.07, 6.45) is 0. The summed E-state index contributed by atoms with van der Waals surface area (Å²) in [4.78, 5) is 16.4. The summed E-state index contributed by atoms with van der Waals surface area (Å²) in [5, 5.41) is 2.00. The minimum absolute atomic E-state index is 0.163. The Bertz CT molecular complexity index is 575. The molecule has 0 saturated carbocycles. The quantitative estimate of drug-likeness (QED) is 0.624. The number of aryl methyl sites for hydroxylation is 3. The predicted octanol–water partition coefficient (Wildman–Crippen LogP) is 4.04. The van der Waals surface area contributed by atoms with Gasteiger partial charge in [-0.2, -0.15) is 0 Å². The first-order valence-electron chi connectivity index (χ1n) is 5.71. The van der Waals surface area contributed by atoms with Gasteiger partial charge in [0, 0.05) is 16.6 Å². The molecule has 2 nitrogen and oxygen atoms in total. The summed E-state index contributed by atoms with van der Waals surface area (Å²) >= 11 is 3.10. The van der Waals surface area contributed by atoms with E-state index in [0.717, 1.165) is 21.2 Å². The molecule has 0 aliphatic heterocycles. The van der Waals surface area contributed by atoms with Crippen molar-refractivity contribution in [2.45, 2.75) is 25.1 Å². The Hall–Kier alpha value is -1.13. The fraction of sp³-hybridized carbons (Fsp3) is 0.286. The molecular formula is C14H15NOS2. The highest BCUT2D eigenvalue weighted by Gasteiger charge is 2.09. The van der Waals surface area contributed by atoms with Crippen LogP contribution in [0.15, 0.2) is 27.9 Å². The molecule has 94 valence electrons. The van der Waals surface area contributed by atoms with Gasteiger partial charge in [-0.25, -0.2) is 4.98 Å². The summed E-state index contributed by atoms with van der Waals surface area (Å²) in [7, 11) is 0. The fourth-order valence-electron chi connectivity index (χ4n) is 1.52. The van der Waals surface area contributed by atoms with Gasteiger partial charge in [-0.3, -0.25) is 4.79 Å². The van der Waals surface area contributed by atoms with Crippen LogP contribution in [0.5, 0.6) is 0 Å². The number of carbonyl (C=O) groups excluding carboxylic acids is 1. The average molecular weight is 277 g/mol. The molecule has 0 aliphatic rings. The van der Waals surface area contributed by atoms with Crippen LogP contribution in [0.25, 0.3) is 0 Å². The van der Waals surface area contributed by atoms with Crippen LogP contribution >= 0.6 is 23.1 Å². The molecule has 0 N–H and O–H groups in total. The lowest BCUT2D eigenvalue weighted by molar-refractivity contribution is 0.102. The van der Waals surface area contributed by atoms with E-state index in [9.17, 15) is 4.79 Å². The first-order chi connectivity index (χ1) is 8.56. The van der Waals surface area contributed by atoms with Gasteiger partial charge in [0.1, 0.15) is 0 Å². The Kier molecular flexibility index (Phi) is 4.19. The van der Waals surface area contributed by atoms with Gasteiger partial charge in [-0.05, 0) is 38.0 Å². The summed E-state index contributed by atoms with van der Waals surface area (Å²) in [6, 6.07) is 5.87. The van der Waals surface area contributed by atoms with Gasteiger partial charge in [0.15, 0.2) is 10.1 Å². The average Bonchev–Trinajstić information content (AvgIpc) is 2.75. The third-order valence-electron chi connectivity index (χ3n) is 2.75. The molecule has 0 unspecified atom stereocenters. The molecule has 0 aliphatic carbocycles. The Morgan fingerprint density at radius 2 is 2.06 bits per heavy atom. The minimum atomic E-state index is 0.163. The predicted molar refractivity (Wildman–Crippen MR) is 77.8 cm³/mol. The van der Waals surface area contributed by atoms with E-state index in [4.69, 9.17) is 0 Å². The van der Waals surface area contributed by atoms with Crippen molar-refractivity contribution in [3.63, 3.8) is 0 Å². The maximum atomic E-state index is 12.0. The highest BCUT2D eigenvalue weighted by molar-refractivity contribution is 8.01. The number of hydrogen-bond acceptors (Lipinski definition) is 4. The maximum absolute atomic E-state index is 12.0. The van der Waals surface area contributed by atoms with E-state index >= 15 is 0 Å². The lowest BCUT2D eigenvalue weighted by atomic mass is 10.0. The molecule has 4 heteroatoms. The van der Waals surface area contributed by atoms with Crippen molar-refractivity contribution >= 4 is 28.9 Å². The normalized spacial score (nSPS) is 10.6. The van der Waals surface area contributed by atoms with Gasteiger partial charge in [-0.15, -0.1) is 11.3 Å². The van der Waals surface area contributed by atoms with Gasteiger partial charge in [0.05, 0.1) is 5.75 Å². The lowest BCUT2D eigenvalue weighted by Crippen LogP contribution is -2.03. The largest absolute Gasteiger partial charge is 0.293 e. The second kappa shape index (κ2) is 5.67. The third-order valence-corrected chi connectivity index (χ3v) is 4.89. The Morgan fingerprint density at radius 1 is 1.28 bits per heavy atom. The Labute approximate surface area is 115 Å². The molecule has 0 saturated heterocycles. The Morgan fingerprint density at radius 3 is 2.67 bits per heavy atom. The summed E-state index contributed by atoms with van der Waals surface area (Å²) in [5.41, 5.74) is 4.19. The number of aromatic nitrogens is 1. The molecule has 1 heterocycles. The van der Waals surface area contributed by atoms with E-state index < -0.39 is 0 Å². The fourth-order valence-corrected chi connectivity index (χ4v) is 3.27. The van der Waals surface area contributed by atoms with Crippen LogP contribution in [0, 0.1) is 20.8 Å². The van der Waals surface area contributed by atoms with Crippen molar-refractivity contribution in [2.75, 3.05) is 5.75 Å². The molecule has 1 aromatic carbocycles. The highest BCUT2D eigenvalue weighted by Crippen LogP contribution is 2.23. The van der Waals surface area contributed by atoms with Crippen LogP contribution < -0.4 is 0 Å². The maximum Gasteiger partial charge on any atom is 0.173 e. The van der Waals surface area contributed by atoms with Gasteiger partial charge in [-0.1, -0.05) is 23.9 Å². The topological polar surface area (TPSA) is 30.0 Å². The molecule has 1 aromatic heterocycles. The standard InChI is InChI=1S/C14H15NOS2/c1-9-4-5-12(6-10(9)2)13(16)8-18-14-15-11(3)7-17-14/h4-7H,8H2,1-3H3. The third kappa shape index (κ3) is 3.21. The molecule has 0 radical (unpaired) electrons. The number of nitrogens with zero attached hydrogens (tertiary/aromatic N) is 1. The van der Waals surface area contributed by atoms with Crippen LogP contribution in [-0.4, -0.2) is 16.5 Å². The Balaban J connectivity index is 2.01. The van der Waals surface area contributed by atoms with Gasteiger partial charge < -0.3 is 0 Å². The lowest BCUT2D eigenvalue weighted by Gasteiger charge is -2.03. The summed E-state index contributed by atoms with van der Waals surface area (Å²) < 4.78 is 0.963. The van der Waals surface area contributed by atoms with E-state index in [1.807, 2.05) is 37.4 Å². The van der Waals surface area contributed by atoms with Crippen molar-refractivity contribution in [1.82, 2.24) is 4.98 Å². The van der Waals surface area contributed by atoms with Gasteiger partial charge in [0.25, 0.3) is 0 Å². The van der Waals surface area contributed by atoms with Gasteiger partial charge in [0.2, 0.25) is 0 Å². The van der Waals surface area contributed by atoms with E-state index in [0.29, 0.717) is 5.75 Å². The summed E-state index contributed by atoms with van der Waals surface area (Å²) in [6.45, 7) is 6.05. The molecule has 0 bridgehead atoms. The second-order valence-corrected chi connectivity index (χ2v) is 6.35. The van der Waals surface area contributed by atoms with Gasteiger partial charge >= 0.3 is 0 Å². The number of Topliss-reactive ketones (excluding diaryl/α,β-unsaturated/α-hetero) is 1. The minimum Gasteiger partial charge on any atom is -0.293 e. The number of thioether (sulfide) groups is 1. The smallest absolute Gasteiger partial charge is 0.173 e. The molecule has 0 atom stereocenters. The van der Waals surface area contributed by atoms with Crippen molar-refractivity contribution < 1.29 is 4.79 Å². The highest BCUT2D eigenvalue weighted by atomic mass is 32.2. The van der Waals surface area contributed by atoms with Crippen molar-refractivity contribution in [2.24, 2.45) is 0 Å². The molecule has 0 fully saturated rings. The second-order valence-electron chi connectivity index (χ2n) is 4.27. The molecule has 2 aromatic rings. The van der Waals surface area contributed by atoms with Crippen LogP contribution in [0.4, 0.5) is 0 Å². The number of thiazole rings is 1. The molecule has 2 rings (SSSR count). The van der Waals surface area contributed by atoms with Crippen LogP contribution in [-0.2, 0) is 0 Å². The SMILES string of the molecule is Cc1csc(SCC(=O)c2ccc(C)c(C)c2)n1. The number of ketones is 1. The zero-order valence-corrected chi connectivity index (χ0v) is 12.3. The van der Waals surface area contributed by atoms with Crippen LogP contribution in [0.1, 0.15) is 27.2 Å². The summed E-state index contributed by atoms with van der Waals surface area (Å²) in [5.74, 6) is 0.617. The zero-order chi connectivity index (χ0) is 13.1. The van der Waals surface area contributed by atoms with E-state index in [2.05, 4.69) is 11.9 Å². The number of hydrogen-bond donors (Lipinski definition) is 0. The number of carbonyl (C=O) groups is 1. The van der Waals surface area contributed by atoms with Crippen LogP contribution in [0.2, 0.25) is 0 Å². The first-order valence-corrected chi connectivity index (χ1v) is 7.58. The van der Waals surface area contributed by atoms with Crippen molar-refractivity contribution in [3.05, 3.63) is 46.0 Å².